The van der Waals surface area contributed by atoms with Gasteiger partial charge in [-0.05, 0) is 38.9 Å². The van der Waals surface area contributed by atoms with Gasteiger partial charge in [0.1, 0.15) is 0 Å². The largest absolute Gasteiger partial charge is 0.0766 e. The Hall–Kier alpha value is -2.34. The molecule has 0 saturated carbocycles. The summed E-state index contributed by atoms with van der Waals surface area (Å²) in [5.74, 6) is 0.528. The van der Waals surface area contributed by atoms with Crippen molar-refractivity contribution in [2.45, 2.75) is 12.8 Å². The Morgan fingerprint density at radius 1 is 0.750 bits per heavy atom. The lowest BCUT2D eigenvalue weighted by molar-refractivity contribution is 0.991. The standard InChI is InChI=1S/C20H16/c1-14-12-13-20-16(14)9-5-11-19(20)18-10-4-7-15-6-2-3-8-17(15)18/h2-14H,1H3. The molecule has 0 fully saturated rings. The fraction of sp³-hybridized carbons (Fsp3) is 0.100. The molecule has 0 heterocycles. The van der Waals surface area contributed by atoms with Crippen molar-refractivity contribution in [3.8, 4) is 11.1 Å². The number of allylic oxidation sites excluding steroid dienone is 1. The topological polar surface area (TPSA) is 0 Å². The molecule has 0 nitrogen and oxygen atoms in total. The van der Waals surface area contributed by atoms with Crippen LogP contribution in [0, 0.1) is 0 Å². The summed E-state index contributed by atoms with van der Waals surface area (Å²) in [7, 11) is 0. The third kappa shape index (κ3) is 1.61. The minimum Gasteiger partial charge on any atom is -0.0766 e. The fourth-order valence-electron chi connectivity index (χ4n) is 3.21. The highest BCUT2D eigenvalue weighted by atomic mass is 14.2. The Bertz CT molecular complexity index is 819. The van der Waals surface area contributed by atoms with Crippen molar-refractivity contribution in [2.24, 2.45) is 0 Å². The normalized spacial score (nSPS) is 16.6. The molecule has 0 amide bonds. The van der Waals surface area contributed by atoms with Crippen LogP contribution in [0.1, 0.15) is 24.0 Å². The van der Waals surface area contributed by atoms with Crippen LogP contribution < -0.4 is 0 Å². The zero-order chi connectivity index (χ0) is 13.5. The van der Waals surface area contributed by atoms with E-state index in [2.05, 4.69) is 79.7 Å². The van der Waals surface area contributed by atoms with Crippen molar-refractivity contribution in [3.63, 3.8) is 0 Å². The molecule has 0 heteroatoms. The Kier molecular flexibility index (Phi) is 2.50. The molecule has 1 aliphatic rings. The second-order valence-electron chi connectivity index (χ2n) is 5.48. The number of hydrogen-bond acceptors (Lipinski definition) is 0. The lowest BCUT2D eigenvalue weighted by atomic mass is 9.92. The van der Waals surface area contributed by atoms with E-state index in [9.17, 15) is 0 Å². The average Bonchev–Trinajstić information content (AvgIpc) is 2.88. The van der Waals surface area contributed by atoms with Crippen molar-refractivity contribution in [3.05, 3.63) is 77.9 Å². The second kappa shape index (κ2) is 4.35. The summed E-state index contributed by atoms with van der Waals surface area (Å²) in [6, 6.07) is 21.8. The van der Waals surface area contributed by atoms with Gasteiger partial charge in [0.05, 0.1) is 0 Å². The molecule has 1 atom stereocenters. The summed E-state index contributed by atoms with van der Waals surface area (Å²) in [5.41, 5.74) is 5.50. The maximum absolute atomic E-state index is 2.29. The fourth-order valence-corrected chi connectivity index (χ4v) is 3.21. The molecule has 1 unspecified atom stereocenters. The average molecular weight is 256 g/mol. The first-order chi connectivity index (χ1) is 9.84. The number of benzene rings is 3. The van der Waals surface area contributed by atoms with E-state index in [4.69, 9.17) is 0 Å². The molecule has 0 spiro atoms. The van der Waals surface area contributed by atoms with Crippen LogP contribution in [0.3, 0.4) is 0 Å². The van der Waals surface area contributed by atoms with Crippen LogP contribution in [0.15, 0.2) is 66.7 Å². The third-order valence-corrected chi connectivity index (χ3v) is 4.26. The van der Waals surface area contributed by atoms with Gasteiger partial charge in [0, 0.05) is 0 Å². The molecule has 3 aromatic rings. The van der Waals surface area contributed by atoms with Gasteiger partial charge in [-0.1, -0.05) is 79.7 Å². The number of rotatable bonds is 1. The first-order valence-corrected chi connectivity index (χ1v) is 7.14. The van der Waals surface area contributed by atoms with Crippen LogP contribution in [0.2, 0.25) is 0 Å². The molecular weight excluding hydrogens is 240 g/mol. The van der Waals surface area contributed by atoms with Gasteiger partial charge >= 0.3 is 0 Å². The lowest BCUT2D eigenvalue weighted by Crippen LogP contribution is -1.90. The van der Waals surface area contributed by atoms with Crippen LogP contribution in [-0.2, 0) is 0 Å². The van der Waals surface area contributed by atoms with Gasteiger partial charge in [-0.25, -0.2) is 0 Å². The molecule has 4 rings (SSSR count). The maximum Gasteiger partial charge on any atom is -0.0000948 e. The predicted octanol–water partition coefficient (Wildman–Crippen LogP) is 5.64. The highest BCUT2D eigenvalue weighted by Crippen LogP contribution is 2.38. The van der Waals surface area contributed by atoms with E-state index in [1.54, 1.807) is 0 Å². The summed E-state index contributed by atoms with van der Waals surface area (Å²) in [5, 5.41) is 2.63. The van der Waals surface area contributed by atoms with Gasteiger partial charge in [0.25, 0.3) is 0 Å². The predicted molar refractivity (Wildman–Crippen MR) is 86.8 cm³/mol. The lowest BCUT2D eigenvalue weighted by Gasteiger charge is -2.12. The monoisotopic (exact) mass is 256 g/mol. The van der Waals surface area contributed by atoms with Crippen LogP contribution in [0.5, 0.6) is 0 Å². The van der Waals surface area contributed by atoms with E-state index < -0.39 is 0 Å². The molecule has 20 heavy (non-hydrogen) atoms. The Morgan fingerprint density at radius 3 is 2.45 bits per heavy atom. The smallest absolute Gasteiger partial charge is 0.0000948 e. The van der Waals surface area contributed by atoms with Gasteiger partial charge in [-0.2, -0.15) is 0 Å². The molecule has 3 aromatic carbocycles. The van der Waals surface area contributed by atoms with Crippen LogP contribution in [0.4, 0.5) is 0 Å². The minimum absolute atomic E-state index is 0.528. The molecule has 0 aliphatic heterocycles. The van der Waals surface area contributed by atoms with Gasteiger partial charge < -0.3 is 0 Å². The van der Waals surface area contributed by atoms with E-state index in [1.165, 1.54) is 33.0 Å². The zero-order valence-electron chi connectivity index (χ0n) is 11.5. The molecule has 96 valence electrons. The number of fused-ring (bicyclic) bond motifs is 2. The zero-order valence-corrected chi connectivity index (χ0v) is 11.5. The Morgan fingerprint density at radius 2 is 1.50 bits per heavy atom. The van der Waals surface area contributed by atoms with Crippen molar-refractivity contribution in [2.75, 3.05) is 0 Å². The molecule has 0 saturated heterocycles. The van der Waals surface area contributed by atoms with Crippen molar-refractivity contribution >= 4 is 16.8 Å². The SMILES string of the molecule is CC1C=Cc2c(-c3cccc4ccccc34)cccc21. The van der Waals surface area contributed by atoms with Gasteiger partial charge in [-0.15, -0.1) is 0 Å². The van der Waals surface area contributed by atoms with Crippen LogP contribution in [-0.4, -0.2) is 0 Å². The quantitative estimate of drug-likeness (QED) is 0.528. The van der Waals surface area contributed by atoms with E-state index in [1.807, 2.05) is 0 Å². The van der Waals surface area contributed by atoms with E-state index in [0.717, 1.165) is 0 Å². The molecule has 0 bridgehead atoms. The van der Waals surface area contributed by atoms with E-state index >= 15 is 0 Å². The first-order valence-electron chi connectivity index (χ1n) is 7.14. The maximum atomic E-state index is 2.29. The number of hydrogen-bond donors (Lipinski definition) is 0. The third-order valence-electron chi connectivity index (χ3n) is 4.26. The highest BCUT2D eigenvalue weighted by molar-refractivity contribution is 5.99. The van der Waals surface area contributed by atoms with Crippen molar-refractivity contribution in [1.29, 1.82) is 0 Å². The first kappa shape index (κ1) is 11.5. The summed E-state index contributed by atoms with van der Waals surface area (Å²) >= 11 is 0. The van der Waals surface area contributed by atoms with Gasteiger partial charge in [0.15, 0.2) is 0 Å². The van der Waals surface area contributed by atoms with Crippen molar-refractivity contribution < 1.29 is 0 Å². The highest BCUT2D eigenvalue weighted by Gasteiger charge is 2.17. The molecule has 1 aliphatic carbocycles. The Labute approximate surface area is 119 Å². The summed E-state index contributed by atoms with van der Waals surface area (Å²) < 4.78 is 0. The van der Waals surface area contributed by atoms with Crippen LogP contribution >= 0.6 is 0 Å². The summed E-state index contributed by atoms with van der Waals surface area (Å²) in [6.07, 6.45) is 4.57. The second-order valence-corrected chi connectivity index (χ2v) is 5.48. The molecule has 0 aromatic heterocycles. The Balaban J connectivity index is 2.04. The summed E-state index contributed by atoms with van der Waals surface area (Å²) in [6.45, 7) is 2.26. The molecule has 0 N–H and O–H groups in total. The van der Waals surface area contributed by atoms with E-state index in [0.29, 0.717) is 5.92 Å². The molecule has 0 radical (unpaired) electrons. The van der Waals surface area contributed by atoms with E-state index in [-0.39, 0.29) is 0 Å². The van der Waals surface area contributed by atoms with Crippen LogP contribution in [0.25, 0.3) is 28.0 Å². The summed E-state index contributed by atoms with van der Waals surface area (Å²) in [4.78, 5) is 0. The van der Waals surface area contributed by atoms with Crippen molar-refractivity contribution in [1.82, 2.24) is 0 Å². The van der Waals surface area contributed by atoms with Gasteiger partial charge in [-0.3, -0.25) is 0 Å². The van der Waals surface area contributed by atoms with Gasteiger partial charge in [0.2, 0.25) is 0 Å². The minimum atomic E-state index is 0.528. The molecular formula is C20H16.